The summed E-state index contributed by atoms with van der Waals surface area (Å²) < 4.78 is 59.3. The molecule has 0 unspecified atom stereocenters. The molecule has 5 N–H and O–H groups in total. The number of aromatic nitrogens is 10. The summed E-state index contributed by atoms with van der Waals surface area (Å²) >= 11 is 3.30. The van der Waals surface area contributed by atoms with E-state index in [1.807, 2.05) is 104 Å². The van der Waals surface area contributed by atoms with E-state index in [0.29, 0.717) is 57.3 Å². The Hall–Kier alpha value is -11.0. The monoisotopic (exact) mass is 1410 g/mol. The molecule has 0 saturated carbocycles. The summed E-state index contributed by atoms with van der Waals surface area (Å²) in [4.78, 5) is 64.1. The fraction of sp³-hybridized carbons (Fsp3) is 0.288. The van der Waals surface area contributed by atoms with Crippen molar-refractivity contribution in [3.05, 3.63) is 185 Å². The summed E-state index contributed by atoms with van der Waals surface area (Å²) in [5.74, 6) is 20.2. The van der Waals surface area contributed by atoms with Crippen molar-refractivity contribution in [3.63, 3.8) is 0 Å². The number of rotatable bonds is 9. The van der Waals surface area contributed by atoms with Gasteiger partial charge in [0, 0.05) is 47.0 Å². The van der Waals surface area contributed by atoms with Gasteiger partial charge in [0.1, 0.15) is 68.2 Å². The summed E-state index contributed by atoms with van der Waals surface area (Å²) in [6.45, 7) is 22.2. The van der Waals surface area contributed by atoms with Gasteiger partial charge in [0.2, 0.25) is 0 Å². The first kappa shape index (κ1) is 76.0. The zero-order valence-electron chi connectivity index (χ0n) is 56.7. The van der Waals surface area contributed by atoms with E-state index in [0.717, 1.165) is 44.2 Å². The van der Waals surface area contributed by atoms with Crippen LogP contribution in [-0.2, 0) is 33.8 Å². The quantitative estimate of drug-likeness (QED) is 0.0597. The molecule has 7 heterocycles. The second-order valence-electron chi connectivity index (χ2n) is 25.0. The highest BCUT2D eigenvalue weighted by Gasteiger charge is 2.19. The predicted molar refractivity (Wildman–Crippen MR) is 386 cm³/mol. The van der Waals surface area contributed by atoms with E-state index in [1.165, 1.54) is 6.20 Å². The molecule has 0 bridgehead atoms. The van der Waals surface area contributed by atoms with Crippen LogP contribution in [0.2, 0.25) is 19.6 Å². The number of pyridine rings is 4. The van der Waals surface area contributed by atoms with Crippen LogP contribution in [0.15, 0.2) is 151 Å². The number of nitrogen functional groups attached to an aromatic ring is 1. The average molecular weight is 1410 g/mol. The second-order valence-corrected chi connectivity index (χ2v) is 30.5. The highest BCUT2D eigenvalue weighted by atomic mass is 79.9. The molecule has 25 heteroatoms. The van der Waals surface area contributed by atoms with Crippen molar-refractivity contribution in [1.29, 1.82) is 0 Å². The van der Waals surface area contributed by atoms with Gasteiger partial charge in [-0.1, -0.05) is 79.7 Å². The number of nitrogens with one attached hydrogen (secondary N) is 3. The number of carbonyl (C=O) groups is 3. The van der Waals surface area contributed by atoms with E-state index in [9.17, 15) is 27.6 Å². The number of benzene rings is 3. The summed E-state index contributed by atoms with van der Waals surface area (Å²) in [6, 6.07) is 36.5. The molecular formula is C73H78BrF3N14O6Si. The van der Waals surface area contributed by atoms with Crippen LogP contribution >= 0.6 is 15.9 Å². The van der Waals surface area contributed by atoms with Gasteiger partial charge in [-0.15, -0.1) is 12.0 Å². The molecule has 0 spiro atoms. The van der Waals surface area contributed by atoms with E-state index in [1.54, 1.807) is 112 Å². The van der Waals surface area contributed by atoms with Gasteiger partial charge in [-0.3, -0.25) is 16.0 Å². The first-order chi connectivity index (χ1) is 46.4. The number of ether oxygens (including phenoxy) is 3. The summed E-state index contributed by atoms with van der Waals surface area (Å²) in [5.41, 5.74) is 15.2. The number of aryl methyl sites for hydroxylation is 3. The molecule has 0 aliphatic carbocycles. The Bertz CT molecular complexity index is 4550. The van der Waals surface area contributed by atoms with Crippen LogP contribution in [0, 0.1) is 47.5 Å². The maximum atomic E-state index is 12.9. The van der Waals surface area contributed by atoms with Gasteiger partial charge < -0.3 is 33.6 Å². The van der Waals surface area contributed by atoms with E-state index >= 15 is 0 Å². The number of halogens is 4. The van der Waals surface area contributed by atoms with Crippen LogP contribution in [-0.4, -0.2) is 112 Å². The molecule has 508 valence electrons. The third-order valence-corrected chi connectivity index (χ3v) is 13.7. The molecule has 3 amide bonds. The Labute approximate surface area is 578 Å². The maximum Gasteiger partial charge on any atom is 0.413 e. The van der Waals surface area contributed by atoms with Gasteiger partial charge in [0.25, 0.3) is 0 Å². The first-order valence-corrected chi connectivity index (χ1v) is 35.0. The highest BCUT2D eigenvalue weighted by Crippen LogP contribution is 2.21. The Balaban J connectivity index is 0.000000198. The van der Waals surface area contributed by atoms with Gasteiger partial charge >= 0.3 is 18.3 Å². The molecule has 7 aromatic heterocycles. The van der Waals surface area contributed by atoms with Crippen LogP contribution in [0.4, 0.5) is 50.8 Å². The number of nitrogens with zero attached hydrogens (tertiary/aromatic N) is 10. The van der Waals surface area contributed by atoms with E-state index in [-0.39, 0.29) is 19.8 Å². The lowest BCUT2D eigenvalue weighted by Gasteiger charge is -2.19. The van der Waals surface area contributed by atoms with Gasteiger partial charge in [0.05, 0.1) is 52.7 Å². The summed E-state index contributed by atoms with van der Waals surface area (Å²) in [6.07, 6.45) is 9.87. The van der Waals surface area contributed by atoms with Crippen LogP contribution in [0.3, 0.4) is 0 Å². The lowest BCUT2D eigenvalue weighted by Crippen LogP contribution is -2.27. The normalized spacial score (nSPS) is 10.8. The number of alkyl halides is 3. The summed E-state index contributed by atoms with van der Waals surface area (Å²) in [7, 11) is -1.39. The third kappa shape index (κ3) is 26.0. The van der Waals surface area contributed by atoms with Crippen molar-refractivity contribution in [1.82, 2.24) is 48.6 Å². The fourth-order valence-electron chi connectivity index (χ4n) is 8.16. The van der Waals surface area contributed by atoms with Crippen molar-refractivity contribution >= 4 is 98.7 Å². The first-order valence-electron chi connectivity index (χ1n) is 30.7. The molecule has 98 heavy (non-hydrogen) atoms. The largest absolute Gasteiger partial charge is 0.444 e. The number of terminal acetylenes is 1. The predicted octanol–water partition coefficient (Wildman–Crippen LogP) is 15.4. The number of amides is 3. The standard InChI is InChI=1S/C21H21FN4O2.C16H13FN4.C15H22N2O2Si.C12H14N2O2.C9H8BrFN2/c1-21(2,3)28-20(27)25-18-10-8-15(14-23-18)9-11-19-24-16-6-4-5-7-17(16)26(19)13-12-22;17-9-10-21-14-4-2-1-3-13(14)20-16(21)8-6-12-5-7-15(18)19-11-12;1-15(2,3)19-14(18)17-13-8-7-12(11-16-13)9-10-20(4,5)6;1-5-9-6-7-10(13-8-9)14-11(15)16-12(2,3)4;10-9-12-7-3-1-2-4-8(7)13(9)6-5-11/h4-8,10,14H,12-13H2,1-3H3,(H,23,25,27);1-5,7,11H,9-10H2,(H2,18,19);7-8,11H,1-6H3,(H,16,17,18);1,6-8H,2-4H3,(H,13,14,15);1-4H,5-6H2. The van der Waals surface area contributed by atoms with Crippen LogP contribution in [0.1, 0.15) is 96.2 Å². The average Bonchev–Trinajstić information content (AvgIpc) is 1.68. The smallest absolute Gasteiger partial charge is 0.413 e. The van der Waals surface area contributed by atoms with Crippen molar-refractivity contribution < 1.29 is 41.8 Å². The number of fused-ring (bicyclic) bond motifs is 3. The SMILES string of the molecule is C#Cc1ccc(NC(=O)OC(C)(C)C)nc1.CC(C)(C)OC(=O)Nc1ccc(C#C[Si](C)(C)C)cn1.CC(C)(C)OC(=O)Nc1ccc(C#Cc2nc3ccccc3n2CCF)cn1.FCCn1c(Br)nc2ccccc21.Nc1ccc(C#Cc2nc3ccccc3n2CCF)cn1. The van der Waals surface area contributed by atoms with Gasteiger partial charge in [-0.25, -0.2) is 62.4 Å². The zero-order valence-corrected chi connectivity index (χ0v) is 59.3. The minimum Gasteiger partial charge on any atom is -0.444 e. The number of anilines is 4. The highest BCUT2D eigenvalue weighted by molar-refractivity contribution is 9.10. The van der Waals surface area contributed by atoms with Crippen LogP contribution in [0.5, 0.6) is 0 Å². The van der Waals surface area contributed by atoms with Crippen molar-refractivity contribution in [3.8, 4) is 47.5 Å². The third-order valence-electron chi connectivity index (χ3n) is 12.2. The molecule has 0 aliphatic heterocycles. The van der Waals surface area contributed by atoms with Crippen LogP contribution < -0.4 is 21.7 Å². The molecular weight excluding hydrogens is 1330 g/mol. The number of imidazole rings is 3. The molecule has 3 aromatic carbocycles. The van der Waals surface area contributed by atoms with Crippen LogP contribution in [0.25, 0.3) is 33.1 Å². The lowest BCUT2D eigenvalue weighted by atomic mass is 10.2. The van der Waals surface area contributed by atoms with Gasteiger partial charge in [-0.05, 0) is 175 Å². The topological polar surface area (TPSA) is 246 Å². The van der Waals surface area contributed by atoms with E-state index in [2.05, 4.69) is 127 Å². The number of para-hydroxylation sites is 6. The minimum atomic E-state index is -1.39. The Morgan fingerprint density at radius 2 is 0.816 bits per heavy atom. The van der Waals surface area contributed by atoms with Crippen molar-refractivity contribution in [2.75, 3.05) is 41.7 Å². The molecule has 0 saturated heterocycles. The molecule has 0 radical (unpaired) electrons. The fourth-order valence-corrected chi connectivity index (χ4v) is 9.24. The second kappa shape index (κ2) is 35.7. The van der Waals surface area contributed by atoms with Crippen molar-refractivity contribution in [2.24, 2.45) is 0 Å². The molecule has 0 atom stereocenters. The van der Waals surface area contributed by atoms with E-state index < -0.39 is 56.5 Å². The molecule has 10 aromatic rings. The Morgan fingerprint density at radius 1 is 0.480 bits per heavy atom. The lowest BCUT2D eigenvalue weighted by molar-refractivity contribution is 0.0624. The maximum absolute atomic E-state index is 12.9. The zero-order chi connectivity index (χ0) is 71.6. The van der Waals surface area contributed by atoms with Crippen molar-refractivity contribution in [2.45, 2.75) is 118 Å². The molecule has 20 nitrogen and oxygen atoms in total. The summed E-state index contributed by atoms with van der Waals surface area (Å²) in [5, 5.41) is 7.66. The number of hydrogen-bond donors (Lipinski definition) is 4. The van der Waals surface area contributed by atoms with Gasteiger partial charge in [0.15, 0.2) is 16.4 Å². The number of nitrogens with two attached hydrogens (primary N) is 1. The molecule has 0 aliphatic rings. The molecule has 0 fully saturated rings. The minimum absolute atomic E-state index is 0.196. The van der Waals surface area contributed by atoms with Gasteiger partial charge in [-0.2, -0.15) is 0 Å². The number of hydrogen-bond acceptors (Lipinski definition) is 14. The molecule has 10 rings (SSSR count). The van der Waals surface area contributed by atoms with E-state index in [4.69, 9.17) is 26.4 Å². The Kier molecular flexibility index (Phi) is 27.7. The number of carbonyl (C=O) groups excluding carboxylic acids is 3. The Morgan fingerprint density at radius 3 is 1.15 bits per heavy atom.